The summed E-state index contributed by atoms with van der Waals surface area (Å²) in [5.41, 5.74) is 5.79. The van der Waals surface area contributed by atoms with Crippen LogP contribution in [0.25, 0.3) is 11.3 Å². The minimum Gasteiger partial charge on any atom is -0.492 e. The van der Waals surface area contributed by atoms with Crippen LogP contribution in [0.2, 0.25) is 0 Å². The molecule has 0 bridgehead atoms. The maximum absolute atomic E-state index is 6.24. The molecular weight excluding hydrogens is 416 g/mol. The minimum absolute atomic E-state index is 0.221. The van der Waals surface area contributed by atoms with Crippen molar-refractivity contribution in [1.29, 1.82) is 0 Å². The molecule has 1 aromatic heterocycles. The van der Waals surface area contributed by atoms with E-state index in [0.29, 0.717) is 19.8 Å². The SMILES string of the molecule is c1ccc2c(c1)N(Cc1ccc(-c3ccno3)cc1)CC21COc2cc3c(cc21)OCCO3. The number of aromatic nitrogens is 1. The van der Waals surface area contributed by atoms with Gasteiger partial charge >= 0.3 is 0 Å². The van der Waals surface area contributed by atoms with Crippen molar-refractivity contribution in [3.63, 3.8) is 0 Å². The first kappa shape index (κ1) is 18.6. The first-order valence-corrected chi connectivity index (χ1v) is 11.2. The van der Waals surface area contributed by atoms with Gasteiger partial charge in [-0.2, -0.15) is 0 Å². The van der Waals surface area contributed by atoms with Gasteiger partial charge in [-0.1, -0.05) is 47.6 Å². The summed E-state index contributed by atoms with van der Waals surface area (Å²) in [6.07, 6.45) is 1.67. The lowest BCUT2D eigenvalue weighted by atomic mass is 9.77. The van der Waals surface area contributed by atoms with E-state index in [4.69, 9.17) is 18.7 Å². The zero-order valence-corrected chi connectivity index (χ0v) is 18.0. The van der Waals surface area contributed by atoms with Crippen LogP contribution in [-0.4, -0.2) is 31.5 Å². The summed E-state index contributed by atoms with van der Waals surface area (Å²) in [5, 5.41) is 3.80. The van der Waals surface area contributed by atoms with Crippen molar-refractivity contribution in [1.82, 2.24) is 5.16 Å². The molecule has 0 radical (unpaired) electrons. The molecule has 1 spiro atoms. The zero-order valence-electron chi connectivity index (χ0n) is 18.0. The molecule has 0 fully saturated rings. The van der Waals surface area contributed by atoms with E-state index >= 15 is 0 Å². The topological polar surface area (TPSA) is 57.0 Å². The van der Waals surface area contributed by atoms with E-state index in [2.05, 4.69) is 64.7 Å². The normalized spacial score (nSPS) is 19.9. The van der Waals surface area contributed by atoms with E-state index in [1.807, 2.05) is 12.1 Å². The minimum atomic E-state index is -0.221. The molecular formula is C27H22N2O4. The number of fused-ring (bicyclic) bond motifs is 5. The molecule has 0 N–H and O–H groups in total. The first-order chi connectivity index (χ1) is 16.3. The van der Waals surface area contributed by atoms with Gasteiger partial charge in [-0.15, -0.1) is 0 Å². The molecule has 3 aromatic carbocycles. The summed E-state index contributed by atoms with van der Waals surface area (Å²) in [6, 6.07) is 23.2. The Hall–Kier alpha value is -3.93. The predicted octanol–water partition coefficient (Wildman–Crippen LogP) is 4.81. The second-order valence-electron chi connectivity index (χ2n) is 8.81. The second-order valence-corrected chi connectivity index (χ2v) is 8.81. The molecule has 164 valence electrons. The second kappa shape index (κ2) is 7.04. The number of hydrogen-bond donors (Lipinski definition) is 0. The summed E-state index contributed by atoms with van der Waals surface area (Å²) < 4.78 is 23.2. The van der Waals surface area contributed by atoms with Crippen LogP contribution in [-0.2, 0) is 12.0 Å². The van der Waals surface area contributed by atoms with Gasteiger partial charge in [0.25, 0.3) is 0 Å². The van der Waals surface area contributed by atoms with Gasteiger partial charge in [0.05, 0.1) is 11.6 Å². The zero-order chi connectivity index (χ0) is 21.8. The maximum Gasteiger partial charge on any atom is 0.166 e. The van der Waals surface area contributed by atoms with Gasteiger partial charge < -0.3 is 23.6 Å². The van der Waals surface area contributed by atoms with Crippen LogP contribution in [0.4, 0.5) is 5.69 Å². The molecule has 0 amide bonds. The van der Waals surface area contributed by atoms with Gasteiger partial charge in [-0.25, -0.2) is 0 Å². The number of ether oxygens (including phenoxy) is 3. The molecule has 3 aliphatic heterocycles. The highest BCUT2D eigenvalue weighted by Crippen LogP contribution is 2.54. The lowest BCUT2D eigenvalue weighted by Gasteiger charge is -2.26. The molecule has 4 heterocycles. The predicted molar refractivity (Wildman–Crippen MR) is 123 cm³/mol. The van der Waals surface area contributed by atoms with Crippen LogP contribution in [0.1, 0.15) is 16.7 Å². The quantitative estimate of drug-likeness (QED) is 0.458. The average Bonchev–Trinajstić information content (AvgIpc) is 3.59. The third-order valence-corrected chi connectivity index (χ3v) is 6.90. The summed E-state index contributed by atoms with van der Waals surface area (Å²) in [4.78, 5) is 2.45. The van der Waals surface area contributed by atoms with Gasteiger partial charge in [-0.05, 0) is 23.3 Å². The van der Waals surface area contributed by atoms with Crippen LogP contribution in [0, 0.1) is 0 Å². The molecule has 6 heteroatoms. The molecule has 7 rings (SSSR count). The maximum atomic E-state index is 6.24. The lowest BCUT2D eigenvalue weighted by Crippen LogP contribution is -2.36. The van der Waals surface area contributed by atoms with E-state index in [1.165, 1.54) is 22.4 Å². The highest BCUT2D eigenvalue weighted by molar-refractivity contribution is 5.71. The fraction of sp³-hybridized carbons (Fsp3) is 0.222. The smallest absolute Gasteiger partial charge is 0.166 e. The fourth-order valence-corrected chi connectivity index (χ4v) is 5.35. The summed E-state index contributed by atoms with van der Waals surface area (Å²) in [6.45, 7) is 3.43. The Morgan fingerprint density at radius 1 is 0.818 bits per heavy atom. The highest BCUT2D eigenvalue weighted by atomic mass is 16.6. The summed E-state index contributed by atoms with van der Waals surface area (Å²) in [7, 11) is 0. The molecule has 1 unspecified atom stereocenters. The van der Waals surface area contributed by atoms with Crippen molar-refractivity contribution >= 4 is 5.69 Å². The Bertz CT molecular complexity index is 1330. The molecule has 6 nitrogen and oxygen atoms in total. The van der Waals surface area contributed by atoms with Crippen molar-refractivity contribution in [2.24, 2.45) is 0 Å². The third-order valence-electron chi connectivity index (χ3n) is 6.90. The number of rotatable bonds is 3. The molecule has 4 aromatic rings. The van der Waals surface area contributed by atoms with E-state index in [9.17, 15) is 0 Å². The molecule has 0 saturated heterocycles. The Morgan fingerprint density at radius 3 is 2.45 bits per heavy atom. The van der Waals surface area contributed by atoms with Gasteiger partial charge in [-0.3, -0.25) is 0 Å². The lowest BCUT2D eigenvalue weighted by molar-refractivity contribution is 0.171. The Labute approximate surface area is 191 Å². The van der Waals surface area contributed by atoms with E-state index in [1.54, 1.807) is 6.20 Å². The Kier molecular flexibility index (Phi) is 3.97. The number of nitrogens with zero attached hydrogens (tertiary/aromatic N) is 2. The monoisotopic (exact) mass is 438 g/mol. The van der Waals surface area contributed by atoms with Gasteiger partial charge in [0.2, 0.25) is 0 Å². The van der Waals surface area contributed by atoms with Crippen molar-refractivity contribution < 1.29 is 18.7 Å². The molecule has 1 atom stereocenters. The largest absolute Gasteiger partial charge is 0.492 e. The van der Waals surface area contributed by atoms with Crippen LogP contribution < -0.4 is 19.1 Å². The van der Waals surface area contributed by atoms with E-state index in [0.717, 1.165) is 41.7 Å². The van der Waals surface area contributed by atoms with Crippen LogP contribution in [0.3, 0.4) is 0 Å². The van der Waals surface area contributed by atoms with Crippen molar-refractivity contribution in [3.8, 4) is 28.6 Å². The van der Waals surface area contributed by atoms with E-state index in [-0.39, 0.29) is 5.41 Å². The fourth-order valence-electron chi connectivity index (χ4n) is 5.35. The highest BCUT2D eigenvalue weighted by Gasteiger charge is 2.50. The van der Waals surface area contributed by atoms with Gasteiger partial charge in [0.15, 0.2) is 17.3 Å². The van der Waals surface area contributed by atoms with Crippen LogP contribution in [0.15, 0.2) is 77.4 Å². The van der Waals surface area contributed by atoms with Crippen LogP contribution >= 0.6 is 0 Å². The molecule has 3 aliphatic rings. The van der Waals surface area contributed by atoms with E-state index < -0.39 is 0 Å². The summed E-state index contributed by atoms with van der Waals surface area (Å²) >= 11 is 0. The van der Waals surface area contributed by atoms with Crippen molar-refractivity contribution in [3.05, 3.63) is 89.6 Å². The van der Waals surface area contributed by atoms with Gasteiger partial charge in [0, 0.05) is 42.0 Å². The number of hydrogen-bond acceptors (Lipinski definition) is 6. The first-order valence-electron chi connectivity index (χ1n) is 11.2. The summed E-state index contributed by atoms with van der Waals surface area (Å²) in [5.74, 6) is 3.25. The van der Waals surface area contributed by atoms with Gasteiger partial charge in [0.1, 0.15) is 25.6 Å². The van der Waals surface area contributed by atoms with Crippen LogP contribution in [0.5, 0.6) is 17.2 Å². The number of para-hydroxylation sites is 1. The molecule has 33 heavy (non-hydrogen) atoms. The van der Waals surface area contributed by atoms with Crippen molar-refractivity contribution in [2.45, 2.75) is 12.0 Å². The number of benzene rings is 3. The van der Waals surface area contributed by atoms with Crippen molar-refractivity contribution in [2.75, 3.05) is 31.3 Å². The third kappa shape index (κ3) is 2.83. The standard InChI is InChI=1S/C27H22N2O4/c1-2-4-22-20(3-1)27(17-32-24-14-26-25(13-21(24)27)30-11-12-31-26)16-29(22)15-18-5-7-19(8-6-18)23-9-10-28-33-23/h1-10,13-14H,11-12,15-17H2. The average molecular weight is 438 g/mol. The Morgan fingerprint density at radius 2 is 1.64 bits per heavy atom. The molecule has 0 aliphatic carbocycles. The Balaban J connectivity index is 1.24. The number of anilines is 1. The molecule has 0 saturated carbocycles.